The van der Waals surface area contributed by atoms with Gasteiger partial charge in [-0.3, -0.25) is 9.89 Å². The zero-order chi connectivity index (χ0) is 26.8. The third kappa shape index (κ3) is 4.75. The van der Waals surface area contributed by atoms with E-state index in [1.807, 2.05) is 78.9 Å². The number of benzene rings is 4. The van der Waals surface area contributed by atoms with Gasteiger partial charge >= 0.3 is 0 Å². The van der Waals surface area contributed by atoms with Crippen LogP contribution in [0.25, 0.3) is 11.3 Å². The van der Waals surface area contributed by atoms with Crippen LogP contribution in [0.2, 0.25) is 0 Å². The average molecular weight is 520 g/mol. The molecule has 5 aromatic rings. The van der Waals surface area contributed by atoms with Crippen molar-refractivity contribution in [3.8, 4) is 22.8 Å². The van der Waals surface area contributed by atoms with Gasteiger partial charge in [0.25, 0.3) is 5.91 Å². The van der Waals surface area contributed by atoms with Crippen LogP contribution in [0.4, 0.5) is 4.39 Å². The fourth-order valence-electron chi connectivity index (χ4n) is 5.02. The van der Waals surface area contributed by atoms with Gasteiger partial charge in [0.15, 0.2) is 11.5 Å². The predicted octanol–water partition coefficient (Wildman–Crippen LogP) is 6.55. The Labute approximate surface area is 225 Å². The van der Waals surface area contributed by atoms with Gasteiger partial charge in [0.2, 0.25) is 0 Å². The summed E-state index contributed by atoms with van der Waals surface area (Å²) in [6.07, 6.45) is 0. The van der Waals surface area contributed by atoms with Crippen LogP contribution in [-0.2, 0) is 13.2 Å². The molecule has 7 heteroatoms. The lowest BCUT2D eigenvalue weighted by Gasteiger charge is -2.27. The molecule has 1 atom stereocenters. The van der Waals surface area contributed by atoms with Gasteiger partial charge in [-0.1, -0.05) is 78.9 Å². The van der Waals surface area contributed by atoms with Crippen molar-refractivity contribution >= 4 is 5.91 Å². The van der Waals surface area contributed by atoms with Crippen molar-refractivity contribution in [1.29, 1.82) is 0 Å². The first-order valence-electron chi connectivity index (χ1n) is 12.7. The van der Waals surface area contributed by atoms with Gasteiger partial charge in [-0.05, 0) is 41.0 Å². The zero-order valence-corrected chi connectivity index (χ0v) is 21.3. The van der Waals surface area contributed by atoms with Crippen molar-refractivity contribution < 1.29 is 18.7 Å². The SMILES string of the molecule is COc1cc(C2c3c(-c4ccccc4)n[nH]c3C(=O)N2Cc2ccc(F)cc2)ccc1OCc1ccccc1. The number of aromatic nitrogens is 2. The molecule has 0 fully saturated rings. The number of nitrogens with zero attached hydrogens (tertiary/aromatic N) is 2. The van der Waals surface area contributed by atoms with Crippen LogP contribution >= 0.6 is 0 Å². The number of methoxy groups -OCH3 is 1. The Morgan fingerprint density at radius 2 is 1.59 bits per heavy atom. The molecule has 1 amide bonds. The first-order chi connectivity index (χ1) is 19.1. The van der Waals surface area contributed by atoms with E-state index in [2.05, 4.69) is 10.2 Å². The number of carbonyl (C=O) groups excluding carboxylic acids is 1. The highest BCUT2D eigenvalue weighted by molar-refractivity contribution is 6.00. The number of amides is 1. The number of nitrogens with one attached hydrogen (secondary N) is 1. The van der Waals surface area contributed by atoms with Crippen LogP contribution in [0.15, 0.2) is 103 Å². The Morgan fingerprint density at radius 1 is 0.872 bits per heavy atom. The summed E-state index contributed by atoms with van der Waals surface area (Å²) in [5.74, 6) is 0.683. The van der Waals surface area contributed by atoms with E-state index in [-0.39, 0.29) is 11.7 Å². The average Bonchev–Trinajstić information content (AvgIpc) is 3.53. The van der Waals surface area contributed by atoms with Gasteiger partial charge in [0, 0.05) is 17.7 Å². The van der Waals surface area contributed by atoms with E-state index in [0.717, 1.165) is 27.8 Å². The predicted molar refractivity (Wildman–Crippen MR) is 146 cm³/mol. The molecule has 6 nitrogen and oxygen atoms in total. The van der Waals surface area contributed by atoms with Crippen molar-refractivity contribution in [2.24, 2.45) is 0 Å². The maximum absolute atomic E-state index is 13.7. The molecule has 1 N–H and O–H groups in total. The maximum atomic E-state index is 13.7. The molecular weight excluding hydrogens is 493 g/mol. The zero-order valence-electron chi connectivity index (χ0n) is 21.3. The number of fused-ring (bicyclic) bond motifs is 1. The smallest absolute Gasteiger partial charge is 0.273 e. The highest BCUT2D eigenvalue weighted by atomic mass is 19.1. The monoisotopic (exact) mass is 519 g/mol. The van der Waals surface area contributed by atoms with E-state index in [0.29, 0.717) is 36.0 Å². The molecule has 194 valence electrons. The molecule has 0 saturated carbocycles. The van der Waals surface area contributed by atoms with Gasteiger partial charge < -0.3 is 14.4 Å². The van der Waals surface area contributed by atoms with Crippen LogP contribution in [0.5, 0.6) is 11.5 Å². The van der Waals surface area contributed by atoms with Crippen LogP contribution in [0.1, 0.15) is 38.8 Å². The number of aromatic amines is 1. The molecule has 4 aromatic carbocycles. The Kier molecular flexibility index (Phi) is 6.55. The highest BCUT2D eigenvalue weighted by Gasteiger charge is 2.42. The number of hydrogen-bond acceptors (Lipinski definition) is 4. The summed E-state index contributed by atoms with van der Waals surface area (Å²) < 4.78 is 25.4. The van der Waals surface area contributed by atoms with E-state index in [9.17, 15) is 9.18 Å². The molecule has 39 heavy (non-hydrogen) atoms. The van der Waals surface area contributed by atoms with Gasteiger partial charge in [0.05, 0.1) is 18.8 Å². The summed E-state index contributed by atoms with van der Waals surface area (Å²) in [5.41, 5.74) is 5.60. The largest absolute Gasteiger partial charge is 0.493 e. The second-order valence-electron chi connectivity index (χ2n) is 9.37. The van der Waals surface area contributed by atoms with Crippen molar-refractivity contribution in [3.05, 3.63) is 137 Å². The number of H-pyrrole nitrogens is 1. The van der Waals surface area contributed by atoms with E-state index in [1.54, 1.807) is 24.1 Å². The summed E-state index contributed by atoms with van der Waals surface area (Å²) in [6, 6.07) is 31.2. The minimum absolute atomic E-state index is 0.169. The Hall–Kier alpha value is -4.91. The molecule has 1 aliphatic rings. The van der Waals surface area contributed by atoms with E-state index < -0.39 is 6.04 Å². The minimum Gasteiger partial charge on any atom is -0.493 e. The van der Waals surface area contributed by atoms with Crippen molar-refractivity contribution in [2.45, 2.75) is 19.2 Å². The molecule has 1 aliphatic heterocycles. The lowest BCUT2D eigenvalue weighted by Crippen LogP contribution is -2.29. The van der Waals surface area contributed by atoms with Crippen molar-refractivity contribution in [3.63, 3.8) is 0 Å². The van der Waals surface area contributed by atoms with Gasteiger partial charge in [-0.2, -0.15) is 5.10 Å². The molecule has 0 saturated heterocycles. The third-order valence-corrected chi connectivity index (χ3v) is 6.92. The number of hydrogen-bond donors (Lipinski definition) is 1. The minimum atomic E-state index is -0.441. The lowest BCUT2D eigenvalue weighted by molar-refractivity contribution is 0.0730. The van der Waals surface area contributed by atoms with Gasteiger partial charge in [-0.15, -0.1) is 0 Å². The van der Waals surface area contributed by atoms with Crippen LogP contribution in [-0.4, -0.2) is 28.1 Å². The summed E-state index contributed by atoms with van der Waals surface area (Å²) in [6.45, 7) is 0.703. The molecule has 1 unspecified atom stereocenters. The van der Waals surface area contributed by atoms with Gasteiger partial charge in [-0.25, -0.2) is 4.39 Å². The standard InChI is InChI=1S/C32H26FN3O3/c1-38-27-18-24(14-17-26(27)39-20-22-8-4-2-5-9-22)31-28-29(23-10-6-3-7-11-23)34-35-30(28)32(37)36(31)19-21-12-15-25(33)16-13-21/h2-18,31H,19-20H2,1H3,(H,34,35). The summed E-state index contributed by atoms with van der Waals surface area (Å²) >= 11 is 0. The van der Waals surface area contributed by atoms with Crippen LogP contribution in [0, 0.1) is 5.82 Å². The normalized spacial score (nSPS) is 14.4. The second kappa shape index (κ2) is 10.5. The summed E-state index contributed by atoms with van der Waals surface area (Å²) in [7, 11) is 1.60. The number of rotatable bonds is 8. The van der Waals surface area contributed by atoms with E-state index >= 15 is 0 Å². The summed E-state index contributed by atoms with van der Waals surface area (Å²) in [5, 5.41) is 7.51. The fourth-order valence-corrected chi connectivity index (χ4v) is 5.02. The molecule has 0 bridgehead atoms. The van der Waals surface area contributed by atoms with Crippen molar-refractivity contribution in [1.82, 2.24) is 15.1 Å². The molecule has 6 rings (SSSR count). The van der Waals surface area contributed by atoms with E-state index in [1.165, 1.54) is 12.1 Å². The Bertz CT molecular complexity index is 1600. The topological polar surface area (TPSA) is 67.5 Å². The summed E-state index contributed by atoms with van der Waals surface area (Å²) in [4.78, 5) is 15.5. The van der Waals surface area contributed by atoms with Crippen LogP contribution < -0.4 is 9.47 Å². The fraction of sp³-hybridized carbons (Fsp3) is 0.125. The third-order valence-electron chi connectivity index (χ3n) is 6.92. The number of halogens is 1. The Balaban J connectivity index is 1.40. The quantitative estimate of drug-likeness (QED) is 0.253. The number of carbonyl (C=O) groups is 1. The first-order valence-corrected chi connectivity index (χ1v) is 12.7. The van der Waals surface area contributed by atoms with Gasteiger partial charge in [0.1, 0.15) is 18.1 Å². The number of ether oxygens (including phenoxy) is 2. The lowest BCUT2D eigenvalue weighted by atomic mass is 9.95. The second-order valence-corrected chi connectivity index (χ2v) is 9.37. The molecule has 0 aliphatic carbocycles. The molecule has 0 radical (unpaired) electrons. The molecular formula is C32H26FN3O3. The van der Waals surface area contributed by atoms with Crippen LogP contribution in [0.3, 0.4) is 0 Å². The van der Waals surface area contributed by atoms with Crippen molar-refractivity contribution in [2.75, 3.05) is 7.11 Å². The molecule has 1 aromatic heterocycles. The molecule has 0 spiro atoms. The first kappa shape index (κ1) is 24.4. The molecule has 2 heterocycles. The maximum Gasteiger partial charge on any atom is 0.273 e. The van der Waals surface area contributed by atoms with E-state index in [4.69, 9.17) is 9.47 Å². The Morgan fingerprint density at radius 3 is 2.31 bits per heavy atom. The highest BCUT2D eigenvalue weighted by Crippen LogP contribution is 2.45.